The Morgan fingerprint density at radius 1 is 1.07 bits per heavy atom. The fraction of sp³-hybridized carbons (Fsp3) is 0.273. The average Bonchev–Trinajstić information content (AvgIpc) is 2.73. The van der Waals surface area contributed by atoms with E-state index in [2.05, 4.69) is 22.2 Å². The third-order valence-electron chi connectivity index (χ3n) is 4.90. The normalized spacial score (nSPS) is 14.7. The molecule has 0 bridgehead atoms. The zero-order valence-corrected chi connectivity index (χ0v) is 18.3. The first kappa shape index (κ1) is 22.2. The van der Waals surface area contributed by atoms with Crippen LogP contribution in [0.4, 0.5) is 11.4 Å². The predicted octanol–water partition coefficient (Wildman–Crippen LogP) is 4.18. The number of likely N-dealkylation sites (N-methyl/N-ethyl adjacent to an activating group) is 1. The smallest absolute Gasteiger partial charge is 0.337 e. The average molecular weight is 448 g/mol. The molecule has 0 aromatic heterocycles. The summed E-state index contributed by atoms with van der Waals surface area (Å²) in [6.45, 7) is 3.49. The Kier molecular flexibility index (Phi) is 7.37. The minimum atomic E-state index is -0.459. The number of anilines is 2. The number of esters is 1. The zero-order valence-electron chi connectivity index (χ0n) is 16.8. The van der Waals surface area contributed by atoms with Crippen LogP contribution in [0.1, 0.15) is 15.9 Å². The maximum atomic E-state index is 12.6. The second kappa shape index (κ2) is 9.98. The largest absolute Gasteiger partial charge is 0.465 e. The molecule has 0 saturated carbocycles. The SMILES string of the molecule is COC(=O)c1ccc(N2CCN(C)CC2)c(NC(=O)/C=C/c2ccc(Cl)cc2Cl)c1. The lowest BCUT2D eigenvalue weighted by atomic mass is 10.1. The van der Waals surface area contributed by atoms with Gasteiger partial charge in [-0.3, -0.25) is 4.79 Å². The number of carbonyl (C=O) groups excluding carboxylic acids is 2. The molecule has 30 heavy (non-hydrogen) atoms. The first-order valence-corrected chi connectivity index (χ1v) is 10.2. The first-order valence-electron chi connectivity index (χ1n) is 9.47. The van der Waals surface area contributed by atoms with Gasteiger partial charge in [-0.25, -0.2) is 4.79 Å². The number of ether oxygens (including phenoxy) is 1. The molecule has 1 amide bonds. The van der Waals surface area contributed by atoms with E-state index >= 15 is 0 Å². The number of nitrogens with zero attached hydrogens (tertiary/aromatic N) is 2. The number of carbonyl (C=O) groups is 2. The van der Waals surface area contributed by atoms with Gasteiger partial charge < -0.3 is 19.9 Å². The van der Waals surface area contributed by atoms with Gasteiger partial charge in [-0.1, -0.05) is 29.3 Å². The van der Waals surface area contributed by atoms with Crippen LogP contribution in [0.15, 0.2) is 42.5 Å². The Bertz CT molecular complexity index is 970. The van der Waals surface area contributed by atoms with Crippen LogP contribution in [-0.2, 0) is 9.53 Å². The van der Waals surface area contributed by atoms with E-state index in [0.717, 1.165) is 31.9 Å². The zero-order chi connectivity index (χ0) is 21.7. The second-order valence-electron chi connectivity index (χ2n) is 7.00. The van der Waals surface area contributed by atoms with Crippen LogP contribution in [0.2, 0.25) is 10.0 Å². The lowest BCUT2D eigenvalue weighted by Crippen LogP contribution is -2.44. The quantitative estimate of drug-likeness (QED) is 0.549. The van der Waals surface area contributed by atoms with E-state index in [4.69, 9.17) is 27.9 Å². The third kappa shape index (κ3) is 5.53. The number of hydrogen-bond acceptors (Lipinski definition) is 5. The number of halogens is 2. The summed E-state index contributed by atoms with van der Waals surface area (Å²) >= 11 is 12.1. The fourth-order valence-corrected chi connectivity index (χ4v) is 3.65. The number of methoxy groups -OCH3 is 1. The fourth-order valence-electron chi connectivity index (χ4n) is 3.18. The van der Waals surface area contributed by atoms with Crippen molar-refractivity contribution in [1.29, 1.82) is 0 Å². The van der Waals surface area contributed by atoms with E-state index < -0.39 is 5.97 Å². The van der Waals surface area contributed by atoms with E-state index in [9.17, 15) is 9.59 Å². The van der Waals surface area contributed by atoms with Gasteiger partial charge in [0.2, 0.25) is 5.91 Å². The van der Waals surface area contributed by atoms with E-state index in [0.29, 0.717) is 26.9 Å². The maximum absolute atomic E-state index is 12.6. The van der Waals surface area contributed by atoms with Gasteiger partial charge in [0.25, 0.3) is 0 Å². The monoisotopic (exact) mass is 447 g/mol. The number of benzene rings is 2. The van der Waals surface area contributed by atoms with Crippen LogP contribution < -0.4 is 10.2 Å². The molecule has 1 aliphatic heterocycles. The molecule has 1 aliphatic rings. The van der Waals surface area contributed by atoms with Crippen LogP contribution in [0, 0.1) is 0 Å². The molecule has 8 heteroatoms. The van der Waals surface area contributed by atoms with Gasteiger partial charge in [-0.15, -0.1) is 0 Å². The van der Waals surface area contributed by atoms with Gasteiger partial charge in [0, 0.05) is 42.3 Å². The van der Waals surface area contributed by atoms with Crippen molar-refractivity contribution in [3.05, 3.63) is 63.6 Å². The molecule has 1 N–H and O–H groups in total. The molecule has 1 fully saturated rings. The summed E-state index contributed by atoms with van der Waals surface area (Å²) in [7, 11) is 3.40. The highest BCUT2D eigenvalue weighted by Crippen LogP contribution is 2.29. The number of amides is 1. The summed E-state index contributed by atoms with van der Waals surface area (Å²) in [5.41, 5.74) is 2.47. The van der Waals surface area contributed by atoms with Crippen molar-refractivity contribution < 1.29 is 14.3 Å². The van der Waals surface area contributed by atoms with Crippen molar-refractivity contribution >= 4 is 52.5 Å². The molecular weight excluding hydrogens is 425 g/mol. The number of nitrogens with one attached hydrogen (secondary N) is 1. The number of hydrogen-bond donors (Lipinski definition) is 1. The van der Waals surface area contributed by atoms with Gasteiger partial charge in [0.1, 0.15) is 0 Å². The van der Waals surface area contributed by atoms with Crippen molar-refractivity contribution in [1.82, 2.24) is 4.90 Å². The molecule has 1 saturated heterocycles. The highest BCUT2D eigenvalue weighted by atomic mass is 35.5. The molecule has 158 valence electrons. The molecule has 0 atom stereocenters. The molecule has 0 spiro atoms. The highest BCUT2D eigenvalue weighted by Gasteiger charge is 2.19. The van der Waals surface area contributed by atoms with Crippen molar-refractivity contribution in [2.24, 2.45) is 0 Å². The highest BCUT2D eigenvalue weighted by molar-refractivity contribution is 6.35. The standard InChI is InChI=1S/C22H23Cl2N3O3/c1-26-9-11-27(12-10-26)20-7-4-16(22(29)30-2)13-19(20)25-21(28)8-5-15-3-6-17(23)14-18(15)24/h3-8,13-14H,9-12H2,1-2H3,(H,25,28)/b8-5+. The molecule has 0 radical (unpaired) electrons. The van der Waals surface area contributed by atoms with E-state index in [1.54, 1.807) is 36.4 Å². The molecule has 3 rings (SSSR count). The molecule has 1 heterocycles. The predicted molar refractivity (Wildman–Crippen MR) is 122 cm³/mol. The molecule has 6 nitrogen and oxygen atoms in total. The topological polar surface area (TPSA) is 61.9 Å². The van der Waals surface area contributed by atoms with Gasteiger partial charge in [-0.05, 0) is 49.0 Å². The summed E-state index contributed by atoms with van der Waals surface area (Å²) in [4.78, 5) is 29.0. The van der Waals surface area contributed by atoms with E-state index in [1.807, 2.05) is 6.07 Å². The molecule has 0 aliphatic carbocycles. The Labute approximate surface area is 186 Å². The Morgan fingerprint density at radius 2 is 1.80 bits per heavy atom. The summed E-state index contributed by atoms with van der Waals surface area (Å²) in [5, 5.41) is 3.86. The summed E-state index contributed by atoms with van der Waals surface area (Å²) < 4.78 is 4.81. The van der Waals surface area contributed by atoms with Gasteiger partial charge >= 0.3 is 5.97 Å². The van der Waals surface area contributed by atoms with E-state index in [-0.39, 0.29) is 5.91 Å². The van der Waals surface area contributed by atoms with Crippen LogP contribution in [0.5, 0.6) is 0 Å². The molecule has 2 aromatic carbocycles. The minimum absolute atomic E-state index is 0.335. The lowest BCUT2D eigenvalue weighted by Gasteiger charge is -2.35. The number of rotatable bonds is 5. The summed E-state index contributed by atoms with van der Waals surface area (Å²) in [5.74, 6) is -0.794. The maximum Gasteiger partial charge on any atom is 0.337 e. The molecular formula is C22H23Cl2N3O3. The van der Waals surface area contributed by atoms with Crippen molar-refractivity contribution in [2.75, 3.05) is 50.6 Å². The van der Waals surface area contributed by atoms with Gasteiger partial charge in [-0.2, -0.15) is 0 Å². The molecule has 2 aromatic rings. The summed E-state index contributed by atoms with van der Waals surface area (Å²) in [6, 6.07) is 10.2. The van der Waals surface area contributed by atoms with Gasteiger partial charge in [0.05, 0.1) is 24.0 Å². The van der Waals surface area contributed by atoms with Crippen molar-refractivity contribution in [3.63, 3.8) is 0 Å². The van der Waals surface area contributed by atoms with E-state index in [1.165, 1.54) is 13.2 Å². The number of piperazine rings is 1. The first-order chi connectivity index (χ1) is 14.4. The van der Waals surface area contributed by atoms with Crippen LogP contribution in [-0.4, -0.2) is 57.1 Å². The summed E-state index contributed by atoms with van der Waals surface area (Å²) in [6.07, 6.45) is 3.02. The van der Waals surface area contributed by atoms with Crippen molar-refractivity contribution in [3.8, 4) is 0 Å². The Morgan fingerprint density at radius 3 is 2.47 bits per heavy atom. The molecule has 0 unspecified atom stereocenters. The Balaban J connectivity index is 1.83. The second-order valence-corrected chi connectivity index (χ2v) is 7.85. The Hall–Kier alpha value is -2.54. The van der Waals surface area contributed by atoms with Crippen LogP contribution in [0.3, 0.4) is 0 Å². The van der Waals surface area contributed by atoms with Crippen LogP contribution in [0.25, 0.3) is 6.08 Å². The van der Waals surface area contributed by atoms with Crippen LogP contribution >= 0.6 is 23.2 Å². The van der Waals surface area contributed by atoms with Gasteiger partial charge in [0.15, 0.2) is 0 Å². The third-order valence-corrected chi connectivity index (χ3v) is 5.46. The lowest BCUT2D eigenvalue weighted by molar-refractivity contribution is -0.111. The van der Waals surface area contributed by atoms with Crippen molar-refractivity contribution in [2.45, 2.75) is 0 Å². The minimum Gasteiger partial charge on any atom is -0.465 e.